The maximum absolute atomic E-state index is 12.8. The predicted molar refractivity (Wildman–Crippen MR) is 274 cm³/mol. The second-order valence-corrected chi connectivity index (χ2v) is 16.3. The van der Waals surface area contributed by atoms with E-state index in [1.807, 2.05) is 0 Å². The smallest absolute Gasteiger partial charge is 0.306 e. The van der Waals surface area contributed by atoms with Gasteiger partial charge in [0.2, 0.25) is 0 Å². The molecule has 1 unspecified atom stereocenters. The predicted octanol–water partition coefficient (Wildman–Crippen LogP) is 16.9. The molecular weight excluding hydrogens is 793 g/mol. The number of carbonyl (C=O) groups excluding carboxylic acids is 3. The van der Waals surface area contributed by atoms with Crippen molar-refractivity contribution in [1.82, 2.24) is 0 Å². The van der Waals surface area contributed by atoms with E-state index >= 15 is 0 Å². The Kier molecular flexibility index (Phi) is 48.1. The van der Waals surface area contributed by atoms with Crippen molar-refractivity contribution < 1.29 is 28.6 Å². The van der Waals surface area contributed by atoms with Crippen molar-refractivity contribution in [2.75, 3.05) is 13.2 Å². The van der Waals surface area contributed by atoms with E-state index in [-0.39, 0.29) is 37.5 Å². The molecule has 0 spiro atoms. The van der Waals surface area contributed by atoms with Gasteiger partial charge in [0, 0.05) is 19.3 Å². The van der Waals surface area contributed by atoms with Crippen molar-refractivity contribution in [3.05, 3.63) is 122 Å². The van der Waals surface area contributed by atoms with Crippen molar-refractivity contribution in [3.63, 3.8) is 0 Å². The zero-order valence-electron chi connectivity index (χ0n) is 41.0. The summed E-state index contributed by atoms with van der Waals surface area (Å²) in [5.41, 5.74) is 0. The molecule has 0 aliphatic rings. The molecule has 0 bridgehead atoms. The van der Waals surface area contributed by atoms with E-state index in [1.165, 1.54) is 12.8 Å². The average Bonchev–Trinajstić information content (AvgIpc) is 3.29. The summed E-state index contributed by atoms with van der Waals surface area (Å²) < 4.78 is 16.7. The number of carbonyl (C=O) groups is 3. The summed E-state index contributed by atoms with van der Waals surface area (Å²) in [6.45, 7) is 6.21. The second-order valence-electron chi connectivity index (χ2n) is 16.3. The zero-order valence-corrected chi connectivity index (χ0v) is 41.0. The van der Waals surface area contributed by atoms with Gasteiger partial charge in [0.25, 0.3) is 0 Å². The first-order valence-corrected chi connectivity index (χ1v) is 25.6. The van der Waals surface area contributed by atoms with Gasteiger partial charge in [-0.05, 0) is 109 Å². The number of hydrogen-bond acceptors (Lipinski definition) is 6. The van der Waals surface area contributed by atoms with Gasteiger partial charge in [0.05, 0.1) is 0 Å². The highest BCUT2D eigenvalue weighted by Crippen LogP contribution is 2.13. The quantitative estimate of drug-likeness (QED) is 0.0199. The highest BCUT2D eigenvalue weighted by Gasteiger charge is 2.19. The molecule has 0 aliphatic heterocycles. The summed E-state index contributed by atoms with van der Waals surface area (Å²) in [5, 5.41) is 0. The Bertz CT molecular complexity index is 1390. The fraction of sp³-hybridized carbons (Fsp3) is 0.603. The van der Waals surface area contributed by atoms with Crippen LogP contribution in [0.5, 0.6) is 0 Å². The maximum atomic E-state index is 12.8. The van der Waals surface area contributed by atoms with Gasteiger partial charge in [0.1, 0.15) is 13.2 Å². The molecule has 0 saturated carbocycles. The van der Waals surface area contributed by atoms with Crippen LogP contribution in [0.2, 0.25) is 0 Å². The van der Waals surface area contributed by atoms with Crippen LogP contribution in [0.3, 0.4) is 0 Å². The van der Waals surface area contributed by atoms with Gasteiger partial charge in [0.15, 0.2) is 6.10 Å². The summed E-state index contributed by atoms with van der Waals surface area (Å²) in [4.78, 5) is 38.0. The Labute approximate surface area is 392 Å². The minimum atomic E-state index is -0.807. The molecule has 0 aromatic rings. The highest BCUT2D eigenvalue weighted by molar-refractivity contribution is 5.71. The Hall–Kier alpha value is -4.19. The molecular formula is C58H92O6. The molecule has 360 valence electrons. The lowest BCUT2D eigenvalue weighted by atomic mass is 10.1. The summed E-state index contributed by atoms with van der Waals surface area (Å²) in [5.74, 6) is -0.970. The number of esters is 3. The maximum Gasteiger partial charge on any atom is 0.306 e. The molecule has 64 heavy (non-hydrogen) atoms. The van der Waals surface area contributed by atoms with Crippen LogP contribution in [0.25, 0.3) is 0 Å². The monoisotopic (exact) mass is 885 g/mol. The molecule has 6 nitrogen and oxygen atoms in total. The third-order valence-electron chi connectivity index (χ3n) is 10.3. The molecule has 1 atom stereocenters. The van der Waals surface area contributed by atoms with Crippen LogP contribution < -0.4 is 0 Å². The van der Waals surface area contributed by atoms with Crippen LogP contribution in [0, 0.1) is 0 Å². The van der Waals surface area contributed by atoms with E-state index in [0.717, 1.165) is 154 Å². The van der Waals surface area contributed by atoms with Crippen molar-refractivity contribution in [1.29, 1.82) is 0 Å². The van der Waals surface area contributed by atoms with E-state index in [4.69, 9.17) is 14.2 Å². The molecule has 0 saturated heterocycles. The standard InChI is InChI=1S/C58H92O6/c1-4-7-10-13-16-19-22-25-27-28-29-30-31-34-36-39-42-45-48-51-57(60)63-54-55(53-62-56(59)50-47-44-41-38-35-32-24-21-18-15-12-9-6-3)64-58(61)52-49-46-43-40-37-33-26-23-20-17-14-11-8-5-2/h7-12,15-21,24-27,29-30,33,55H,4-6,13-14,22-23,28,31-32,34-54H2,1-3H3/b10-7-,11-8-,12-9-,18-15-,19-16-,20-17-,24-21-,27-25-,30-29-,33-26-. The first-order valence-electron chi connectivity index (χ1n) is 25.6. The first kappa shape index (κ1) is 59.8. The molecule has 0 aliphatic carbocycles. The molecule has 0 heterocycles. The van der Waals surface area contributed by atoms with Gasteiger partial charge in [-0.3, -0.25) is 14.4 Å². The Morgan fingerprint density at radius 3 is 1.05 bits per heavy atom. The third kappa shape index (κ3) is 48.8. The molecule has 0 aromatic heterocycles. The van der Waals surface area contributed by atoms with Crippen LogP contribution in [0.1, 0.15) is 207 Å². The van der Waals surface area contributed by atoms with E-state index < -0.39 is 6.10 Å². The molecule has 6 heteroatoms. The zero-order chi connectivity index (χ0) is 46.5. The van der Waals surface area contributed by atoms with Crippen LogP contribution in [0.4, 0.5) is 0 Å². The number of rotatable bonds is 44. The van der Waals surface area contributed by atoms with Gasteiger partial charge in [-0.15, -0.1) is 0 Å². The van der Waals surface area contributed by atoms with E-state index in [1.54, 1.807) is 0 Å². The van der Waals surface area contributed by atoms with Crippen LogP contribution in [0.15, 0.2) is 122 Å². The number of hydrogen-bond donors (Lipinski definition) is 0. The lowest BCUT2D eigenvalue weighted by Gasteiger charge is -2.18. The van der Waals surface area contributed by atoms with E-state index in [2.05, 4.69) is 142 Å². The molecule has 0 N–H and O–H groups in total. The molecule has 0 rings (SSSR count). The SMILES string of the molecule is CC\C=C/C=C\C=C/CCCCCCCC(=O)OCC(COC(=O)CCCCCCCC/C=C\C/C=C\C/C=C\C/C=C\CC)OC(=O)CCCCCC/C=C\C/C=C\C/C=C\CC. The van der Waals surface area contributed by atoms with Gasteiger partial charge in [-0.1, -0.05) is 200 Å². The average molecular weight is 885 g/mol. The normalized spacial score (nSPS) is 13.1. The summed E-state index contributed by atoms with van der Waals surface area (Å²) in [7, 11) is 0. The second kappa shape index (κ2) is 51.4. The fourth-order valence-electron chi connectivity index (χ4n) is 6.50. The van der Waals surface area contributed by atoms with Crippen LogP contribution >= 0.6 is 0 Å². The molecule has 0 radical (unpaired) electrons. The van der Waals surface area contributed by atoms with Gasteiger partial charge in [-0.2, -0.15) is 0 Å². The summed E-state index contributed by atoms with van der Waals surface area (Å²) in [6, 6.07) is 0. The Balaban J connectivity index is 4.47. The van der Waals surface area contributed by atoms with E-state index in [0.29, 0.717) is 12.8 Å². The third-order valence-corrected chi connectivity index (χ3v) is 10.3. The largest absolute Gasteiger partial charge is 0.462 e. The summed E-state index contributed by atoms with van der Waals surface area (Å²) in [6.07, 6.45) is 70.4. The summed E-state index contributed by atoms with van der Waals surface area (Å²) >= 11 is 0. The minimum absolute atomic E-state index is 0.105. The lowest BCUT2D eigenvalue weighted by molar-refractivity contribution is -0.167. The Morgan fingerprint density at radius 2 is 0.641 bits per heavy atom. The number of allylic oxidation sites excluding steroid dienone is 20. The molecule has 0 fully saturated rings. The Morgan fingerprint density at radius 1 is 0.328 bits per heavy atom. The van der Waals surface area contributed by atoms with E-state index in [9.17, 15) is 14.4 Å². The fourth-order valence-corrected chi connectivity index (χ4v) is 6.50. The number of ether oxygens (including phenoxy) is 3. The molecule has 0 amide bonds. The van der Waals surface area contributed by atoms with Crippen LogP contribution in [-0.2, 0) is 28.6 Å². The first-order chi connectivity index (χ1) is 31.5. The van der Waals surface area contributed by atoms with Crippen LogP contribution in [-0.4, -0.2) is 37.2 Å². The minimum Gasteiger partial charge on any atom is -0.462 e. The van der Waals surface area contributed by atoms with Gasteiger partial charge < -0.3 is 14.2 Å². The van der Waals surface area contributed by atoms with Crippen molar-refractivity contribution in [2.45, 2.75) is 213 Å². The van der Waals surface area contributed by atoms with Crippen molar-refractivity contribution in [3.8, 4) is 0 Å². The highest BCUT2D eigenvalue weighted by atomic mass is 16.6. The van der Waals surface area contributed by atoms with Crippen molar-refractivity contribution >= 4 is 17.9 Å². The topological polar surface area (TPSA) is 78.9 Å². The lowest BCUT2D eigenvalue weighted by Crippen LogP contribution is -2.30. The van der Waals surface area contributed by atoms with Crippen molar-refractivity contribution in [2.24, 2.45) is 0 Å². The van der Waals surface area contributed by atoms with Gasteiger partial charge in [-0.25, -0.2) is 0 Å². The molecule has 0 aromatic carbocycles. The number of unbranched alkanes of at least 4 members (excludes halogenated alkanes) is 15. The van der Waals surface area contributed by atoms with Gasteiger partial charge >= 0.3 is 17.9 Å².